The molecule has 0 spiro atoms. The second kappa shape index (κ2) is 10.7. The fraction of sp³-hybridized carbons (Fsp3) is 0.591. The molecule has 0 saturated heterocycles. The Morgan fingerprint density at radius 2 is 1.70 bits per heavy atom. The van der Waals surface area contributed by atoms with Crippen molar-refractivity contribution in [3.05, 3.63) is 35.4 Å². The monoisotopic (exact) mass is 425 g/mol. The average Bonchev–Trinajstić information content (AvgIpc) is 2.69. The largest absolute Gasteiger partial charge is 0.416 e. The Balaban J connectivity index is 0.00000101. The number of carbonyl (C=O) groups excluding carboxylic acids is 2. The van der Waals surface area contributed by atoms with Crippen LogP contribution < -0.4 is 5.73 Å². The average molecular weight is 425 g/mol. The maximum atomic E-state index is 12.8. The summed E-state index contributed by atoms with van der Waals surface area (Å²) >= 11 is 0. The minimum atomic E-state index is -4.38. The first-order valence-corrected chi connectivity index (χ1v) is 10.3. The summed E-state index contributed by atoms with van der Waals surface area (Å²) in [4.78, 5) is 27.5. The third-order valence-corrected chi connectivity index (χ3v) is 6.07. The molecule has 2 aliphatic carbocycles. The van der Waals surface area contributed by atoms with E-state index in [1.807, 2.05) is 0 Å². The van der Waals surface area contributed by atoms with Crippen LogP contribution in [0.5, 0.6) is 0 Å². The van der Waals surface area contributed by atoms with E-state index in [4.69, 9.17) is 9.79 Å². The van der Waals surface area contributed by atoms with Crippen LogP contribution in [0, 0.1) is 5.92 Å². The SMILES string of the molecule is CN(CC1CCC1)C1(/N=C(\C=O)c2ccc(C(F)(F)F)cc2)CCCCC1.NC=O. The fourth-order valence-electron chi connectivity index (χ4n) is 4.14. The van der Waals surface area contributed by atoms with E-state index in [0.29, 0.717) is 17.8 Å². The molecule has 0 aromatic heterocycles. The van der Waals surface area contributed by atoms with E-state index in [9.17, 15) is 18.0 Å². The number of aliphatic imine (C=N–C) groups is 1. The zero-order valence-corrected chi connectivity index (χ0v) is 17.3. The predicted molar refractivity (Wildman–Crippen MR) is 110 cm³/mol. The molecule has 2 aliphatic rings. The molecular weight excluding hydrogens is 395 g/mol. The molecule has 2 fully saturated rings. The molecule has 2 N–H and O–H groups in total. The van der Waals surface area contributed by atoms with Gasteiger partial charge in [0.25, 0.3) is 0 Å². The Hall–Kier alpha value is -2.22. The van der Waals surface area contributed by atoms with Gasteiger partial charge in [-0.25, -0.2) is 0 Å². The highest BCUT2D eigenvalue weighted by atomic mass is 19.4. The topological polar surface area (TPSA) is 75.8 Å². The van der Waals surface area contributed by atoms with Gasteiger partial charge in [-0.1, -0.05) is 25.0 Å². The lowest BCUT2D eigenvalue weighted by Gasteiger charge is -2.44. The maximum absolute atomic E-state index is 12.8. The smallest absolute Gasteiger partial charge is 0.372 e. The number of nitrogens with zero attached hydrogens (tertiary/aromatic N) is 2. The van der Waals surface area contributed by atoms with Gasteiger partial charge < -0.3 is 5.73 Å². The molecule has 1 aromatic carbocycles. The van der Waals surface area contributed by atoms with E-state index in [2.05, 4.69) is 17.7 Å². The molecule has 0 bridgehead atoms. The Bertz CT molecular complexity index is 722. The Labute approximate surface area is 175 Å². The summed E-state index contributed by atoms with van der Waals surface area (Å²) in [6.45, 7) is 0.961. The van der Waals surface area contributed by atoms with Gasteiger partial charge in [-0.2, -0.15) is 13.2 Å². The molecule has 1 aromatic rings. The minimum absolute atomic E-state index is 0.242. The van der Waals surface area contributed by atoms with Gasteiger partial charge in [-0.15, -0.1) is 0 Å². The van der Waals surface area contributed by atoms with Gasteiger partial charge in [0.2, 0.25) is 6.41 Å². The van der Waals surface area contributed by atoms with Gasteiger partial charge in [-0.05, 0) is 63.6 Å². The molecule has 0 aliphatic heterocycles. The Morgan fingerprint density at radius 3 is 2.13 bits per heavy atom. The number of aldehydes is 1. The summed E-state index contributed by atoms with van der Waals surface area (Å²) in [5.74, 6) is 0.690. The summed E-state index contributed by atoms with van der Waals surface area (Å²) in [5, 5.41) is 0. The van der Waals surface area contributed by atoms with Gasteiger partial charge in [0.1, 0.15) is 11.4 Å². The van der Waals surface area contributed by atoms with E-state index in [-0.39, 0.29) is 12.1 Å². The Kier molecular flexibility index (Phi) is 8.58. The van der Waals surface area contributed by atoms with Crippen LogP contribution in [0.25, 0.3) is 0 Å². The standard InChI is InChI=1S/C21H27F3N2O.CH3NO/c1-26(14-16-6-5-7-16)20(12-3-2-4-13-20)25-19(15-27)17-8-10-18(11-9-17)21(22,23)24;2-1-3/h8-11,15-16H,2-7,12-14H2,1H3;1H,(H2,2,3)/b25-19+;. The van der Waals surface area contributed by atoms with Crippen molar-refractivity contribution in [3.8, 4) is 0 Å². The number of alkyl halides is 3. The molecule has 166 valence electrons. The number of primary amides is 1. The first-order valence-electron chi connectivity index (χ1n) is 10.3. The lowest BCUT2D eigenvalue weighted by molar-refractivity contribution is -0.137. The fourth-order valence-corrected chi connectivity index (χ4v) is 4.14. The van der Waals surface area contributed by atoms with Crippen molar-refractivity contribution in [2.75, 3.05) is 13.6 Å². The number of benzene rings is 1. The molecule has 0 radical (unpaired) electrons. The molecular formula is C22H30F3N3O2. The summed E-state index contributed by atoms with van der Waals surface area (Å²) in [7, 11) is 2.07. The van der Waals surface area contributed by atoms with Crippen LogP contribution >= 0.6 is 0 Å². The zero-order chi connectivity index (χ0) is 22.2. The molecule has 30 heavy (non-hydrogen) atoms. The van der Waals surface area contributed by atoms with E-state index in [1.165, 1.54) is 31.4 Å². The molecule has 3 rings (SSSR count). The second-order valence-electron chi connectivity index (χ2n) is 8.05. The third kappa shape index (κ3) is 6.14. The van der Waals surface area contributed by atoms with Crippen molar-refractivity contribution in [1.29, 1.82) is 0 Å². The highest BCUT2D eigenvalue weighted by Gasteiger charge is 2.38. The van der Waals surface area contributed by atoms with Crippen molar-refractivity contribution < 1.29 is 22.8 Å². The number of carbonyl (C=O) groups is 2. The number of nitrogens with two attached hydrogens (primary N) is 1. The van der Waals surface area contributed by atoms with Crippen molar-refractivity contribution in [3.63, 3.8) is 0 Å². The normalized spacial score (nSPS) is 19.4. The number of halogens is 3. The lowest BCUT2D eigenvalue weighted by Crippen LogP contribution is -2.49. The minimum Gasteiger partial charge on any atom is -0.372 e. The lowest BCUT2D eigenvalue weighted by atomic mass is 9.82. The molecule has 5 nitrogen and oxygen atoms in total. The second-order valence-corrected chi connectivity index (χ2v) is 8.05. The van der Waals surface area contributed by atoms with Crippen molar-refractivity contribution in [2.45, 2.75) is 63.2 Å². The summed E-state index contributed by atoms with van der Waals surface area (Å²) in [6, 6.07) is 4.72. The highest BCUT2D eigenvalue weighted by molar-refractivity contribution is 6.36. The predicted octanol–water partition coefficient (Wildman–Crippen LogP) is 4.19. The van der Waals surface area contributed by atoms with Gasteiger partial charge >= 0.3 is 6.18 Å². The van der Waals surface area contributed by atoms with Crippen LogP contribution in [0.15, 0.2) is 29.3 Å². The van der Waals surface area contributed by atoms with E-state index < -0.39 is 17.4 Å². The summed E-state index contributed by atoms with van der Waals surface area (Å²) in [5.41, 5.74) is 3.71. The zero-order valence-electron chi connectivity index (χ0n) is 17.3. The third-order valence-electron chi connectivity index (χ3n) is 6.07. The maximum Gasteiger partial charge on any atom is 0.416 e. The highest BCUT2D eigenvalue weighted by Crippen LogP contribution is 2.37. The van der Waals surface area contributed by atoms with Crippen LogP contribution in [-0.2, 0) is 15.8 Å². The number of hydrogen-bond donors (Lipinski definition) is 1. The van der Waals surface area contributed by atoms with Gasteiger partial charge in [0, 0.05) is 12.1 Å². The molecule has 0 heterocycles. The van der Waals surface area contributed by atoms with Gasteiger partial charge in [0.15, 0.2) is 6.29 Å². The number of amides is 1. The van der Waals surface area contributed by atoms with Gasteiger partial charge in [0.05, 0.1) is 5.56 Å². The van der Waals surface area contributed by atoms with Crippen molar-refractivity contribution in [2.24, 2.45) is 16.6 Å². The van der Waals surface area contributed by atoms with E-state index >= 15 is 0 Å². The molecule has 0 atom stereocenters. The molecule has 1 amide bonds. The number of rotatable bonds is 6. The van der Waals surface area contributed by atoms with Crippen LogP contribution in [0.1, 0.15) is 62.5 Å². The first-order chi connectivity index (χ1) is 14.3. The van der Waals surface area contributed by atoms with Crippen molar-refractivity contribution >= 4 is 18.4 Å². The first kappa shape index (κ1) is 24.1. The molecule has 2 saturated carbocycles. The Morgan fingerprint density at radius 1 is 1.13 bits per heavy atom. The summed E-state index contributed by atoms with van der Waals surface area (Å²) < 4.78 is 38.4. The van der Waals surface area contributed by atoms with E-state index in [0.717, 1.165) is 50.8 Å². The van der Waals surface area contributed by atoms with E-state index in [1.54, 1.807) is 0 Å². The number of hydrogen-bond acceptors (Lipinski definition) is 4. The van der Waals surface area contributed by atoms with Crippen LogP contribution in [0.4, 0.5) is 13.2 Å². The molecule has 0 unspecified atom stereocenters. The van der Waals surface area contributed by atoms with Crippen molar-refractivity contribution in [1.82, 2.24) is 4.90 Å². The van der Waals surface area contributed by atoms with Crippen LogP contribution in [0.2, 0.25) is 0 Å². The molecule has 8 heteroatoms. The van der Waals surface area contributed by atoms with Crippen LogP contribution in [-0.4, -0.2) is 42.6 Å². The van der Waals surface area contributed by atoms with Gasteiger partial charge in [-0.3, -0.25) is 19.5 Å². The van der Waals surface area contributed by atoms with Crippen LogP contribution in [0.3, 0.4) is 0 Å². The quantitative estimate of drug-likeness (QED) is 0.549. The summed E-state index contributed by atoms with van der Waals surface area (Å²) in [6.07, 6.45) is 5.33.